The zero-order valence-electron chi connectivity index (χ0n) is 15.5. The maximum Gasteiger partial charge on any atom is 0.255 e. The Bertz CT molecular complexity index is 1020. The van der Waals surface area contributed by atoms with Gasteiger partial charge in [0.05, 0.1) is 0 Å². The van der Waals surface area contributed by atoms with E-state index < -0.39 is 0 Å². The third-order valence-electron chi connectivity index (χ3n) is 4.53. The molecule has 0 saturated carbocycles. The molecule has 1 atom stereocenters. The lowest BCUT2D eigenvalue weighted by atomic mass is 9.97. The fourth-order valence-electron chi connectivity index (χ4n) is 3.15. The number of carbonyl (C=O) groups excluding carboxylic acids is 1. The minimum Gasteiger partial charge on any atom is -0.374 e. The van der Waals surface area contributed by atoms with Crippen LogP contribution in [0.4, 0.5) is 5.69 Å². The van der Waals surface area contributed by atoms with Crippen molar-refractivity contribution in [2.75, 3.05) is 19.4 Å². The van der Waals surface area contributed by atoms with Gasteiger partial charge in [-0.05, 0) is 42.5 Å². The van der Waals surface area contributed by atoms with E-state index in [9.17, 15) is 9.59 Å². The zero-order chi connectivity index (χ0) is 18.8. The highest BCUT2D eigenvalue weighted by Crippen LogP contribution is 2.30. The van der Waals surface area contributed by atoms with Crippen LogP contribution in [0.2, 0.25) is 0 Å². The summed E-state index contributed by atoms with van der Waals surface area (Å²) in [7, 11) is 3.44. The van der Waals surface area contributed by atoms with Gasteiger partial charge in [-0.1, -0.05) is 30.3 Å². The van der Waals surface area contributed by atoms with Crippen LogP contribution in [0.25, 0.3) is 21.9 Å². The topological polar surface area (TPSA) is 65.2 Å². The fraction of sp³-hybridized carbons (Fsp3) is 0.238. The predicted octanol–water partition coefficient (Wildman–Crippen LogP) is 3.39. The monoisotopic (exact) mass is 349 g/mol. The Kier molecular flexibility index (Phi) is 4.80. The van der Waals surface area contributed by atoms with Crippen molar-refractivity contribution in [3.8, 4) is 11.1 Å². The molecule has 1 heterocycles. The van der Waals surface area contributed by atoms with E-state index in [4.69, 9.17) is 0 Å². The van der Waals surface area contributed by atoms with Crippen molar-refractivity contribution in [3.63, 3.8) is 0 Å². The van der Waals surface area contributed by atoms with E-state index in [1.807, 2.05) is 30.3 Å². The van der Waals surface area contributed by atoms with Gasteiger partial charge in [-0.3, -0.25) is 9.59 Å². The molecular formula is C21H23N3O2. The lowest BCUT2D eigenvalue weighted by molar-refractivity contribution is -0.129. The molecule has 1 unspecified atom stereocenters. The van der Waals surface area contributed by atoms with Gasteiger partial charge in [0.1, 0.15) is 6.04 Å². The maximum absolute atomic E-state index is 12.4. The van der Waals surface area contributed by atoms with Gasteiger partial charge in [0.25, 0.3) is 5.56 Å². The summed E-state index contributed by atoms with van der Waals surface area (Å²) in [5.74, 6) is -0.0207. The van der Waals surface area contributed by atoms with E-state index in [1.54, 1.807) is 38.2 Å². The number of amides is 1. The van der Waals surface area contributed by atoms with Crippen LogP contribution in [0.1, 0.15) is 12.5 Å². The second-order valence-electron chi connectivity index (χ2n) is 6.71. The smallest absolute Gasteiger partial charge is 0.255 e. The molecular weight excluding hydrogens is 326 g/mol. The Morgan fingerprint density at radius 2 is 1.81 bits per heavy atom. The van der Waals surface area contributed by atoms with Gasteiger partial charge < -0.3 is 15.2 Å². The average Bonchev–Trinajstić information content (AvgIpc) is 2.62. The Morgan fingerprint density at radius 3 is 2.50 bits per heavy atom. The third-order valence-corrected chi connectivity index (χ3v) is 4.53. The quantitative estimate of drug-likeness (QED) is 0.759. The molecule has 0 spiro atoms. The van der Waals surface area contributed by atoms with E-state index in [1.165, 1.54) is 0 Å². The molecule has 0 radical (unpaired) electrons. The lowest BCUT2D eigenvalue weighted by Crippen LogP contribution is -2.36. The van der Waals surface area contributed by atoms with Gasteiger partial charge in [-0.25, -0.2) is 0 Å². The van der Waals surface area contributed by atoms with Crippen molar-refractivity contribution in [3.05, 3.63) is 64.6 Å². The van der Waals surface area contributed by atoms with Crippen LogP contribution in [0.3, 0.4) is 0 Å². The standard InChI is InChI=1S/C21H23N3O2/c1-13-7-5-6-8-16(13)19-12-22-20(25)18-11-15(9-10-17(18)19)23-14(2)21(26)24(3)4/h5-12,14,23H,1-4H3,(H,22,25). The maximum atomic E-state index is 12.4. The van der Waals surface area contributed by atoms with Crippen molar-refractivity contribution in [2.45, 2.75) is 19.9 Å². The number of carbonyl (C=O) groups is 1. The Balaban J connectivity index is 2.06. The number of fused-ring (bicyclic) bond motifs is 1. The molecule has 0 aliphatic heterocycles. The molecule has 0 bridgehead atoms. The van der Waals surface area contributed by atoms with Crippen LogP contribution in [0.15, 0.2) is 53.5 Å². The largest absolute Gasteiger partial charge is 0.374 e. The number of likely N-dealkylation sites (N-methyl/N-ethyl adjacent to an activating group) is 1. The van der Waals surface area contributed by atoms with Crippen molar-refractivity contribution < 1.29 is 4.79 Å². The Morgan fingerprint density at radius 1 is 1.08 bits per heavy atom. The van der Waals surface area contributed by atoms with Crippen molar-refractivity contribution in [1.29, 1.82) is 0 Å². The summed E-state index contributed by atoms with van der Waals surface area (Å²) in [5.41, 5.74) is 3.82. The molecule has 2 N–H and O–H groups in total. The van der Waals surface area contributed by atoms with E-state index in [0.717, 1.165) is 27.8 Å². The van der Waals surface area contributed by atoms with Gasteiger partial charge in [0.2, 0.25) is 5.91 Å². The summed E-state index contributed by atoms with van der Waals surface area (Å²) < 4.78 is 0. The highest BCUT2D eigenvalue weighted by atomic mass is 16.2. The number of nitrogens with one attached hydrogen (secondary N) is 2. The molecule has 0 aliphatic carbocycles. The van der Waals surface area contributed by atoms with Crippen LogP contribution in [-0.2, 0) is 4.79 Å². The van der Waals surface area contributed by atoms with Gasteiger partial charge in [0.15, 0.2) is 0 Å². The molecule has 1 amide bonds. The molecule has 0 fully saturated rings. The van der Waals surface area contributed by atoms with Crippen LogP contribution in [0, 0.1) is 6.92 Å². The summed E-state index contributed by atoms with van der Waals surface area (Å²) >= 11 is 0. The number of pyridine rings is 1. The number of nitrogens with zero attached hydrogens (tertiary/aromatic N) is 1. The number of anilines is 1. The summed E-state index contributed by atoms with van der Waals surface area (Å²) in [6.07, 6.45) is 1.76. The number of aromatic amines is 1. The van der Waals surface area contributed by atoms with Gasteiger partial charge in [0, 0.05) is 36.9 Å². The van der Waals surface area contributed by atoms with E-state index in [-0.39, 0.29) is 17.5 Å². The first-order valence-electron chi connectivity index (χ1n) is 8.57. The second kappa shape index (κ2) is 7.04. The number of H-pyrrole nitrogens is 1. The van der Waals surface area contributed by atoms with E-state index >= 15 is 0 Å². The molecule has 0 aliphatic rings. The highest BCUT2D eigenvalue weighted by molar-refractivity contribution is 5.98. The molecule has 0 saturated heterocycles. The molecule has 3 rings (SSSR count). The Hall–Kier alpha value is -3.08. The molecule has 5 nitrogen and oxygen atoms in total. The minimum absolute atomic E-state index is 0.0207. The predicted molar refractivity (Wildman–Crippen MR) is 107 cm³/mol. The number of benzene rings is 2. The molecule has 1 aromatic heterocycles. The number of aryl methyl sites for hydroxylation is 1. The van der Waals surface area contributed by atoms with E-state index in [2.05, 4.69) is 23.3 Å². The van der Waals surface area contributed by atoms with Crippen molar-refractivity contribution in [1.82, 2.24) is 9.88 Å². The van der Waals surface area contributed by atoms with Crippen molar-refractivity contribution in [2.24, 2.45) is 0 Å². The second-order valence-corrected chi connectivity index (χ2v) is 6.71. The van der Waals surface area contributed by atoms with Crippen molar-refractivity contribution >= 4 is 22.4 Å². The average molecular weight is 349 g/mol. The SMILES string of the molecule is Cc1ccccc1-c1c[nH]c(=O)c2cc(NC(C)C(=O)N(C)C)ccc12. The van der Waals surface area contributed by atoms with Crippen LogP contribution >= 0.6 is 0 Å². The van der Waals surface area contributed by atoms with Crippen LogP contribution in [0.5, 0.6) is 0 Å². The van der Waals surface area contributed by atoms with Crippen LogP contribution in [-0.4, -0.2) is 35.9 Å². The van der Waals surface area contributed by atoms with Crippen LogP contribution < -0.4 is 10.9 Å². The number of rotatable bonds is 4. The lowest BCUT2D eigenvalue weighted by Gasteiger charge is -2.19. The van der Waals surface area contributed by atoms with Gasteiger partial charge in [-0.2, -0.15) is 0 Å². The first-order chi connectivity index (χ1) is 12.4. The fourth-order valence-corrected chi connectivity index (χ4v) is 3.15. The van der Waals surface area contributed by atoms with Gasteiger partial charge in [-0.15, -0.1) is 0 Å². The highest BCUT2D eigenvalue weighted by Gasteiger charge is 2.15. The number of hydrogen-bond acceptors (Lipinski definition) is 3. The third kappa shape index (κ3) is 3.33. The summed E-state index contributed by atoms with van der Waals surface area (Å²) in [6, 6.07) is 13.4. The Labute approximate surface area is 152 Å². The number of hydrogen-bond donors (Lipinski definition) is 2. The summed E-state index contributed by atoms with van der Waals surface area (Å²) in [6.45, 7) is 3.86. The first-order valence-corrected chi connectivity index (χ1v) is 8.57. The molecule has 134 valence electrons. The summed E-state index contributed by atoms with van der Waals surface area (Å²) in [5, 5.41) is 4.66. The molecule has 26 heavy (non-hydrogen) atoms. The normalized spacial score (nSPS) is 12.0. The minimum atomic E-state index is -0.374. The molecule has 3 aromatic rings. The first kappa shape index (κ1) is 17.7. The van der Waals surface area contributed by atoms with Gasteiger partial charge >= 0.3 is 0 Å². The molecule has 5 heteroatoms. The summed E-state index contributed by atoms with van der Waals surface area (Å²) in [4.78, 5) is 28.8. The zero-order valence-corrected chi connectivity index (χ0v) is 15.5. The molecule has 2 aromatic carbocycles. The number of aromatic nitrogens is 1. The van der Waals surface area contributed by atoms with E-state index in [0.29, 0.717) is 5.39 Å².